The Hall–Kier alpha value is -2.35. The van der Waals surface area contributed by atoms with E-state index < -0.39 is 15.9 Å². The summed E-state index contributed by atoms with van der Waals surface area (Å²) in [5.41, 5.74) is 7.37. The predicted molar refractivity (Wildman–Crippen MR) is 115 cm³/mol. The molecule has 0 aliphatic heterocycles. The van der Waals surface area contributed by atoms with Gasteiger partial charge in [0.1, 0.15) is 0 Å². The SMILES string of the molecule is Cc1c(Cl)cccc1S(=O)(=O)Nc1c(C(N)=O)cccc1-c1ccc(Br)cc1. The van der Waals surface area contributed by atoms with E-state index in [1.165, 1.54) is 12.1 Å². The highest BCUT2D eigenvalue weighted by molar-refractivity contribution is 9.10. The number of hydrogen-bond donors (Lipinski definition) is 2. The van der Waals surface area contributed by atoms with Crippen LogP contribution in [-0.2, 0) is 10.0 Å². The van der Waals surface area contributed by atoms with E-state index in [1.54, 1.807) is 31.2 Å². The van der Waals surface area contributed by atoms with Gasteiger partial charge in [-0.3, -0.25) is 9.52 Å². The predicted octanol–water partition coefficient (Wildman–Crippen LogP) is 4.98. The first-order chi connectivity index (χ1) is 13.2. The van der Waals surface area contributed by atoms with Gasteiger partial charge < -0.3 is 5.73 Å². The van der Waals surface area contributed by atoms with Gasteiger partial charge in [0.25, 0.3) is 15.9 Å². The summed E-state index contributed by atoms with van der Waals surface area (Å²) in [4.78, 5) is 12.0. The van der Waals surface area contributed by atoms with Crippen molar-refractivity contribution in [2.24, 2.45) is 5.73 Å². The van der Waals surface area contributed by atoms with Gasteiger partial charge in [-0.25, -0.2) is 8.42 Å². The molecular weight excluding hydrogens is 464 g/mol. The van der Waals surface area contributed by atoms with E-state index in [4.69, 9.17) is 17.3 Å². The number of carbonyl (C=O) groups excluding carboxylic acids is 1. The first-order valence-electron chi connectivity index (χ1n) is 8.17. The lowest BCUT2D eigenvalue weighted by atomic mass is 10.0. The standard InChI is InChI=1S/C20H16BrClN2O3S/c1-12-17(22)6-3-7-18(12)28(26,27)24-19-15(4-2-5-16(19)20(23)25)13-8-10-14(21)11-9-13/h2-11,24H,1H3,(H2,23,25). The molecule has 0 radical (unpaired) electrons. The van der Waals surface area contributed by atoms with E-state index in [-0.39, 0.29) is 16.1 Å². The van der Waals surface area contributed by atoms with Gasteiger partial charge in [0, 0.05) is 15.1 Å². The highest BCUT2D eigenvalue weighted by Gasteiger charge is 2.23. The highest BCUT2D eigenvalue weighted by atomic mass is 79.9. The Labute approximate surface area is 176 Å². The average Bonchev–Trinajstić information content (AvgIpc) is 2.64. The van der Waals surface area contributed by atoms with Gasteiger partial charge in [-0.1, -0.05) is 57.9 Å². The highest BCUT2D eigenvalue weighted by Crippen LogP contribution is 2.34. The molecule has 8 heteroatoms. The Morgan fingerprint density at radius 1 is 1.04 bits per heavy atom. The Morgan fingerprint density at radius 2 is 1.68 bits per heavy atom. The first kappa shape index (κ1) is 20.4. The van der Waals surface area contributed by atoms with Crippen LogP contribution in [0.4, 0.5) is 5.69 Å². The summed E-state index contributed by atoms with van der Waals surface area (Å²) in [5, 5.41) is 0.333. The normalized spacial score (nSPS) is 11.2. The van der Waals surface area contributed by atoms with E-state index in [2.05, 4.69) is 20.7 Å². The van der Waals surface area contributed by atoms with Gasteiger partial charge in [0.2, 0.25) is 0 Å². The Bertz CT molecular complexity index is 1160. The van der Waals surface area contributed by atoms with Gasteiger partial charge in [-0.15, -0.1) is 0 Å². The van der Waals surface area contributed by atoms with Crippen LogP contribution in [0.15, 0.2) is 70.0 Å². The number of para-hydroxylation sites is 1. The molecule has 5 nitrogen and oxygen atoms in total. The number of halogens is 2. The molecule has 0 aliphatic carbocycles. The summed E-state index contributed by atoms with van der Waals surface area (Å²) in [5.74, 6) is -0.737. The second kappa shape index (κ2) is 7.95. The molecular formula is C20H16BrClN2O3S. The summed E-state index contributed by atoms with van der Waals surface area (Å²) in [6.07, 6.45) is 0. The van der Waals surface area contributed by atoms with Gasteiger partial charge in [-0.2, -0.15) is 0 Å². The molecule has 3 aromatic carbocycles. The minimum absolute atomic E-state index is 0.0287. The minimum Gasteiger partial charge on any atom is -0.366 e. The first-order valence-corrected chi connectivity index (χ1v) is 10.8. The van der Waals surface area contributed by atoms with E-state index in [9.17, 15) is 13.2 Å². The van der Waals surface area contributed by atoms with Gasteiger partial charge in [-0.05, 0) is 48.4 Å². The van der Waals surface area contributed by atoms with Crippen molar-refractivity contribution in [3.63, 3.8) is 0 Å². The van der Waals surface area contributed by atoms with E-state index in [1.807, 2.05) is 24.3 Å². The number of benzene rings is 3. The molecule has 3 rings (SSSR count). The maximum absolute atomic E-state index is 13.1. The molecule has 0 spiro atoms. The number of rotatable bonds is 5. The van der Waals surface area contributed by atoms with Crippen LogP contribution in [0.1, 0.15) is 15.9 Å². The van der Waals surface area contributed by atoms with Gasteiger partial charge in [0.15, 0.2) is 0 Å². The maximum atomic E-state index is 13.1. The molecule has 0 aromatic heterocycles. The van der Waals surface area contributed by atoms with Crippen molar-refractivity contribution >= 4 is 49.1 Å². The molecule has 3 N–H and O–H groups in total. The summed E-state index contributed by atoms with van der Waals surface area (Å²) in [7, 11) is -4.01. The van der Waals surface area contributed by atoms with Crippen molar-refractivity contribution in [3.05, 3.63) is 81.3 Å². The molecule has 0 atom stereocenters. The van der Waals surface area contributed by atoms with Crippen LogP contribution >= 0.6 is 27.5 Å². The van der Waals surface area contributed by atoms with Crippen LogP contribution in [0.2, 0.25) is 5.02 Å². The summed E-state index contributed by atoms with van der Waals surface area (Å²) < 4.78 is 29.5. The summed E-state index contributed by atoms with van der Waals surface area (Å²) >= 11 is 9.45. The molecule has 0 heterocycles. The van der Waals surface area contributed by atoms with Crippen molar-refractivity contribution in [3.8, 4) is 11.1 Å². The van der Waals surface area contributed by atoms with Crippen LogP contribution in [-0.4, -0.2) is 14.3 Å². The summed E-state index contributed by atoms with van der Waals surface area (Å²) in [6.45, 7) is 1.62. The van der Waals surface area contributed by atoms with Crippen LogP contribution in [0.5, 0.6) is 0 Å². The fraction of sp³-hybridized carbons (Fsp3) is 0.0500. The van der Waals surface area contributed by atoms with Crippen molar-refractivity contribution in [1.82, 2.24) is 0 Å². The second-order valence-electron chi connectivity index (χ2n) is 6.07. The lowest BCUT2D eigenvalue weighted by Crippen LogP contribution is -2.20. The zero-order valence-corrected chi connectivity index (χ0v) is 17.9. The smallest absolute Gasteiger partial charge is 0.262 e. The number of nitrogens with two attached hydrogens (primary N) is 1. The molecule has 1 amide bonds. The number of sulfonamides is 1. The number of primary amides is 1. The van der Waals surface area contributed by atoms with E-state index in [0.717, 1.165) is 10.0 Å². The number of nitrogens with one attached hydrogen (secondary N) is 1. The Morgan fingerprint density at radius 3 is 2.32 bits per heavy atom. The fourth-order valence-electron chi connectivity index (χ4n) is 2.81. The Kier molecular flexibility index (Phi) is 5.79. The summed E-state index contributed by atoms with van der Waals surface area (Å²) in [6, 6.07) is 16.7. The molecule has 144 valence electrons. The van der Waals surface area contributed by atoms with Gasteiger partial charge >= 0.3 is 0 Å². The number of carbonyl (C=O) groups is 1. The van der Waals surface area contributed by atoms with Crippen LogP contribution < -0.4 is 10.5 Å². The Balaban J connectivity index is 2.18. The largest absolute Gasteiger partial charge is 0.366 e. The molecule has 28 heavy (non-hydrogen) atoms. The number of amides is 1. The van der Waals surface area contributed by atoms with Gasteiger partial charge in [0.05, 0.1) is 16.1 Å². The van der Waals surface area contributed by atoms with Crippen molar-refractivity contribution in [2.75, 3.05) is 4.72 Å². The van der Waals surface area contributed by atoms with Crippen molar-refractivity contribution < 1.29 is 13.2 Å². The van der Waals surface area contributed by atoms with Crippen LogP contribution in [0.3, 0.4) is 0 Å². The lowest BCUT2D eigenvalue weighted by molar-refractivity contribution is 0.100. The molecule has 0 fully saturated rings. The quantitative estimate of drug-likeness (QED) is 0.541. The van der Waals surface area contributed by atoms with Crippen LogP contribution in [0, 0.1) is 6.92 Å². The maximum Gasteiger partial charge on any atom is 0.262 e. The molecule has 3 aromatic rings. The monoisotopic (exact) mass is 478 g/mol. The number of hydrogen-bond acceptors (Lipinski definition) is 3. The zero-order chi connectivity index (χ0) is 20.5. The lowest BCUT2D eigenvalue weighted by Gasteiger charge is -2.17. The molecule has 0 unspecified atom stereocenters. The van der Waals surface area contributed by atoms with Crippen molar-refractivity contribution in [2.45, 2.75) is 11.8 Å². The third kappa shape index (κ3) is 4.06. The molecule has 0 aliphatic rings. The fourth-order valence-corrected chi connectivity index (χ4v) is 4.67. The van der Waals surface area contributed by atoms with E-state index >= 15 is 0 Å². The molecule has 0 bridgehead atoms. The van der Waals surface area contributed by atoms with Crippen molar-refractivity contribution in [1.29, 1.82) is 0 Å². The topological polar surface area (TPSA) is 89.3 Å². The number of anilines is 1. The minimum atomic E-state index is -4.01. The van der Waals surface area contributed by atoms with Crippen LogP contribution in [0.25, 0.3) is 11.1 Å². The third-order valence-corrected chi connectivity index (χ3v) is 6.66. The van der Waals surface area contributed by atoms with E-state index in [0.29, 0.717) is 16.1 Å². The third-order valence-electron chi connectivity index (χ3n) is 4.23. The molecule has 0 saturated carbocycles. The second-order valence-corrected chi connectivity index (χ2v) is 9.04. The molecule has 0 saturated heterocycles. The average molecular weight is 480 g/mol. The zero-order valence-electron chi connectivity index (χ0n) is 14.7.